The first-order valence-corrected chi connectivity index (χ1v) is 4.08. The van der Waals surface area contributed by atoms with Crippen LogP contribution in [0, 0.1) is 0 Å². The molecule has 2 aromatic rings. The summed E-state index contributed by atoms with van der Waals surface area (Å²) in [5.41, 5.74) is 1.09. The van der Waals surface area contributed by atoms with Crippen LogP contribution in [0.15, 0.2) is 18.3 Å². The molecule has 0 aliphatic carbocycles. The molecule has 2 rings (SSSR count). The second-order valence-electron chi connectivity index (χ2n) is 3.02. The van der Waals surface area contributed by atoms with Crippen molar-refractivity contribution in [3.63, 3.8) is 0 Å². The third kappa shape index (κ3) is 1.20. The zero-order chi connectivity index (χ0) is 10.1. The summed E-state index contributed by atoms with van der Waals surface area (Å²) in [5, 5.41) is 7.51. The number of hydrogen-bond acceptors (Lipinski definition) is 4. The second-order valence-corrected chi connectivity index (χ2v) is 3.02. The summed E-state index contributed by atoms with van der Waals surface area (Å²) in [7, 11) is 3.32. The predicted molar refractivity (Wildman–Crippen MR) is 49.8 cm³/mol. The number of fused-ring (bicyclic) bond motifs is 1. The van der Waals surface area contributed by atoms with Crippen LogP contribution in [0.25, 0.3) is 11.2 Å². The van der Waals surface area contributed by atoms with E-state index in [1.54, 1.807) is 32.4 Å². The molecule has 0 spiro atoms. The average Bonchev–Trinajstić information content (AvgIpc) is 2.60. The van der Waals surface area contributed by atoms with Gasteiger partial charge in [0.25, 0.3) is 0 Å². The van der Waals surface area contributed by atoms with Crippen molar-refractivity contribution in [1.82, 2.24) is 24.9 Å². The highest BCUT2D eigenvalue weighted by atomic mass is 16.2. The molecule has 0 saturated heterocycles. The standard InChI is InChI=1S/C8H9N5O/c1-12(2)8(14)13-6-4-3-5-9-7(6)10-11-13/h3-5H,1-2H3. The lowest BCUT2D eigenvalue weighted by Gasteiger charge is -2.08. The molecule has 14 heavy (non-hydrogen) atoms. The molecule has 6 nitrogen and oxygen atoms in total. The lowest BCUT2D eigenvalue weighted by atomic mass is 10.4. The van der Waals surface area contributed by atoms with Gasteiger partial charge in [-0.3, -0.25) is 0 Å². The molecule has 0 atom stereocenters. The first-order valence-electron chi connectivity index (χ1n) is 4.08. The van der Waals surface area contributed by atoms with Gasteiger partial charge < -0.3 is 4.90 Å². The SMILES string of the molecule is CN(C)C(=O)n1nnc2ncccc21. The van der Waals surface area contributed by atoms with Crippen LogP contribution in [0.4, 0.5) is 4.79 Å². The summed E-state index contributed by atoms with van der Waals surface area (Å²) < 4.78 is 1.22. The van der Waals surface area contributed by atoms with Gasteiger partial charge in [0, 0.05) is 20.3 Å². The second kappa shape index (κ2) is 3.06. The molecule has 2 heterocycles. The van der Waals surface area contributed by atoms with Crippen molar-refractivity contribution >= 4 is 17.2 Å². The van der Waals surface area contributed by atoms with E-state index in [1.807, 2.05) is 0 Å². The van der Waals surface area contributed by atoms with Gasteiger partial charge in [-0.15, -0.1) is 5.10 Å². The molecule has 0 aliphatic heterocycles. The van der Waals surface area contributed by atoms with Gasteiger partial charge in [-0.2, -0.15) is 4.68 Å². The highest BCUT2D eigenvalue weighted by Crippen LogP contribution is 2.06. The lowest BCUT2D eigenvalue weighted by Crippen LogP contribution is -2.28. The predicted octanol–water partition coefficient (Wildman–Crippen LogP) is 0.356. The maximum atomic E-state index is 11.6. The van der Waals surface area contributed by atoms with Crippen molar-refractivity contribution in [2.45, 2.75) is 0 Å². The van der Waals surface area contributed by atoms with Gasteiger partial charge in [0.2, 0.25) is 5.65 Å². The van der Waals surface area contributed by atoms with Crippen molar-refractivity contribution in [2.75, 3.05) is 14.1 Å². The highest BCUT2D eigenvalue weighted by Gasteiger charge is 2.13. The average molecular weight is 191 g/mol. The Kier molecular flexibility index (Phi) is 1.88. The smallest absolute Gasteiger partial charge is 0.329 e. The summed E-state index contributed by atoms with van der Waals surface area (Å²) in [6, 6.07) is 3.26. The van der Waals surface area contributed by atoms with Crippen molar-refractivity contribution in [1.29, 1.82) is 0 Å². The molecule has 0 aliphatic rings. The molecular weight excluding hydrogens is 182 g/mol. The number of amides is 1. The minimum Gasteiger partial charge on any atom is -0.329 e. The van der Waals surface area contributed by atoms with Crippen LogP contribution in [-0.4, -0.2) is 45.0 Å². The number of aromatic nitrogens is 4. The molecule has 1 amide bonds. The molecule has 0 saturated carbocycles. The quantitative estimate of drug-likeness (QED) is 0.603. The molecule has 0 radical (unpaired) electrons. The van der Waals surface area contributed by atoms with Crippen molar-refractivity contribution < 1.29 is 4.79 Å². The van der Waals surface area contributed by atoms with Gasteiger partial charge in [-0.1, -0.05) is 5.21 Å². The number of hydrogen-bond donors (Lipinski definition) is 0. The summed E-state index contributed by atoms with van der Waals surface area (Å²) in [6.07, 6.45) is 1.61. The first kappa shape index (κ1) is 8.61. The minimum absolute atomic E-state index is 0.236. The van der Waals surface area contributed by atoms with E-state index in [4.69, 9.17) is 0 Å². The normalized spacial score (nSPS) is 10.4. The van der Waals surface area contributed by atoms with E-state index in [0.717, 1.165) is 0 Å². The molecular formula is C8H9N5O. The molecule has 0 N–H and O–H groups in total. The fraction of sp³-hybridized carbons (Fsp3) is 0.250. The first-order chi connectivity index (χ1) is 6.70. The number of nitrogens with zero attached hydrogens (tertiary/aromatic N) is 5. The van der Waals surface area contributed by atoms with Gasteiger partial charge in [0.15, 0.2) is 0 Å². The van der Waals surface area contributed by atoms with Crippen molar-refractivity contribution in [3.8, 4) is 0 Å². The van der Waals surface area contributed by atoms with E-state index in [9.17, 15) is 4.79 Å². The Morgan fingerprint density at radius 1 is 1.50 bits per heavy atom. The van der Waals surface area contributed by atoms with E-state index < -0.39 is 0 Å². The Hall–Kier alpha value is -1.98. The van der Waals surface area contributed by atoms with E-state index >= 15 is 0 Å². The summed E-state index contributed by atoms with van der Waals surface area (Å²) in [4.78, 5) is 17.0. The van der Waals surface area contributed by atoms with Crippen LogP contribution >= 0.6 is 0 Å². The zero-order valence-electron chi connectivity index (χ0n) is 7.88. The van der Waals surface area contributed by atoms with Gasteiger partial charge in [0.05, 0.1) is 0 Å². The Morgan fingerprint density at radius 2 is 2.29 bits per heavy atom. The zero-order valence-corrected chi connectivity index (χ0v) is 7.88. The third-order valence-electron chi connectivity index (χ3n) is 1.79. The highest BCUT2D eigenvalue weighted by molar-refractivity contribution is 5.85. The van der Waals surface area contributed by atoms with Crippen LogP contribution in [0.1, 0.15) is 0 Å². The molecule has 0 fully saturated rings. The largest absolute Gasteiger partial charge is 0.346 e. The van der Waals surface area contributed by atoms with Gasteiger partial charge in [0.1, 0.15) is 5.52 Å². The third-order valence-corrected chi connectivity index (χ3v) is 1.79. The van der Waals surface area contributed by atoms with E-state index in [0.29, 0.717) is 11.2 Å². The lowest BCUT2D eigenvalue weighted by molar-refractivity contribution is 0.216. The van der Waals surface area contributed by atoms with E-state index in [-0.39, 0.29) is 6.03 Å². The van der Waals surface area contributed by atoms with Crippen LogP contribution < -0.4 is 0 Å². The van der Waals surface area contributed by atoms with Gasteiger partial charge >= 0.3 is 6.03 Å². The molecule has 2 aromatic heterocycles. The van der Waals surface area contributed by atoms with Crippen molar-refractivity contribution in [2.24, 2.45) is 0 Å². The van der Waals surface area contributed by atoms with Crippen LogP contribution in [-0.2, 0) is 0 Å². The Balaban J connectivity index is 2.58. The molecule has 0 bridgehead atoms. The van der Waals surface area contributed by atoms with E-state index in [1.165, 1.54) is 9.58 Å². The monoisotopic (exact) mass is 191 g/mol. The van der Waals surface area contributed by atoms with Crippen LogP contribution in [0.2, 0.25) is 0 Å². The van der Waals surface area contributed by atoms with Gasteiger partial charge in [-0.05, 0) is 12.1 Å². The van der Waals surface area contributed by atoms with Crippen LogP contribution in [0.5, 0.6) is 0 Å². The molecule has 72 valence electrons. The van der Waals surface area contributed by atoms with Gasteiger partial charge in [-0.25, -0.2) is 9.78 Å². The summed E-state index contributed by atoms with van der Waals surface area (Å²) in [5.74, 6) is 0. The van der Waals surface area contributed by atoms with Crippen LogP contribution in [0.3, 0.4) is 0 Å². The summed E-state index contributed by atoms with van der Waals surface area (Å²) in [6.45, 7) is 0. The number of carbonyl (C=O) groups is 1. The maximum absolute atomic E-state index is 11.6. The minimum atomic E-state index is -0.236. The fourth-order valence-corrected chi connectivity index (χ4v) is 1.10. The molecule has 0 aromatic carbocycles. The number of carbonyl (C=O) groups excluding carboxylic acids is 1. The Morgan fingerprint density at radius 3 is 3.00 bits per heavy atom. The molecule has 0 unspecified atom stereocenters. The topological polar surface area (TPSA) is 63.9 Å². The fourth-order valence-electron chi connectivity index (χ4n) is 1.10. The summed E-state index contributed by atoms with van der Waals surface area (Å²) >= 11 is 0. The maximum Gasteiger partial charge on any atom is 0.346 e. The Bertz CT molecular complexity index is 475. The molecule has 6 heteroatoms. The van der Waals surface area contributed by atoms with Crippen molar-refractivity contribution in [3.05, 3.63) is 18.3 Å². The Labute approximate surface area is 80.1 Å². The van der Waals surface area contributed by atoms with E-state index in [2.05, 4.69) is 15.3 Å². The number of pyridine rings is 1. The number of rotatable bonds is 0.